The molecule has 1 fully saturated rings. The summed E-state index contributed by atoms with van der Waals surface area (Å²) < 4.78 is 0. The number of carbonyl (C=O) groups excluding carboxylic acids is 1. The molecule has 0 bridgehead atoms. The lowest BCUT2D eigenvalue weighted by atomic mass is 9.89. The molecule has 0 spiro atoms. The molecule has 2 aromatic rings. The maximum atomic E-state index is 12.6. The third-order valence-electron chi connectivity index (χ3n) is 5.12. The molecule has 2 amide bonds. The highest BCUT2D eigenvalue weighted by Crippen LogP contribution is 2.33. The number of piperidine rings is 1. The summed E-state index contributed by atoms with van der Waals surface area (Å²) in [5, 5.41) is 0. The fraction of sp³-hybridized carbons (Fsp3) is 0.500. The Morgan fingerprint density at radius 1 is 1.19 bits per heavy atom. The van der Waals surface area contributed by atoms with Crippen molar-refractivity contribution in [1.82, 2.24) is 24.8 Å². The van der Waals surface area contributed by atoms with Crippen molar-refractivity contribution in [3.63, 3.8) is 0 Å². The van der Waals surface area contributed by atoms with Gasteiger partial charge in [-0.15, -0.1) is 0 Å². The molecular formula is C20H27N5O. The van der Waals surface area contributed by atoms with Crippen LogP contribution in [0.1, 0.15) is 44.1 Å². The molecule has 0 atom stereocenters. The number of carbonyl (C=O) groups is 1. The van der Waals surface area contributed by atoms with Crippen LogP contribution >= 0.6 is 0 Å². The summed E-state index contributed by atoms with van der Waals surface area (Å²) in [6.45, 7) is 9.05. The van der Waals surface area contributed by atoms with Gasteiger partial charge in [-0.2, -0.15) is 0 Å². The highest BCUT2D eigenvalue weighted by Gasteiger charge is 2.28. The van der Waals surface area contributed by atoms with E-state index in [4.69, 9.17) is 4.98 Å². The zero-order valence-corrected chi connectivity index (χ0v) is 15.9. The van der Waals surface area contributed by atoms with Crippen molar-refractivity contribution >= 4 is 6.03 Å². The number of urea groups is 1. The minimum absolute atomic E-state index is 0.154. The van der Waals surface area contributed by atoms with Crippen molar-refractivity contribution in [3.05, 3.63) is 42.2 Å². The molecule has 0 unspecified atom stereocenters. The van der Waals surface area contributed by atoms with E-state index >= 15 is 0 Å². The van der Waals surface area contributed by atoms with E-state index in [1.807, 2.05) is 48.9 Å². The van der Waals surface area contributed by atoms with Gasteiger partial charge in [-0.1, -0.05) is 0 Å². The number of aryl methyl sites for hydroxylation is 1. The third-order valence-corrected chi connectivity index (χ3v) is 5.12. The summed E-state index contributed by atoms with van der Waals surface area (Å²) in [6, 6.07) is 4.15. The summed E-state index contributed by atoms with van der Waals surface area (Å²) in [6.07, 6.45) is 7.37. The molecule has 6 nitrogen and oxygen atoms in total. The normalized spacial score (nSPS) is 15.1. The quantitative estimate of drug-likeness (QED) is 0.844. The monoisotopic (exact) mass is 353 g/mol. The smallest absolute Gasteiger partial charge is 0.319 e. The molecule has 0 N–H and O–H groups in total. The first-order valence-corrected chi connectivity index (χ1v) is 9.41. The fourth-order valence-corrected chi connectivity index (χ4v) is 3.59. The van der Waals surface area contributed by atoms with Crippen molar-refractivity contribution in [2.45, 2.75) is 39.5 Å². The second-order valence-corrected chi connectivity index (χ2v) is 6.67. The Morgan fingerprint density at radius 2 is 1.85 bits per heavy atom. The highest BCUT2D eigenvalue weighted by atomic mass is 16.2. The van der Waals surface area contributed by atoms with E-state index < -0.39 is 0 Å². The van der Waals surface area contributed by atoms with Crippen molar-refractivity contribution in [2.24, 2.45) is 0 Å². The van der Waals surface area contributed by atoms with Gasteiger partial charge in [0.05, 0.1) is 5.69 Å². The van der Waals surface area contributed by atoms with Gasteiger partial charge in [0.2, 0.25) is 0 Å². The molecule has 138 valence electrons. The van der Waals surface area contributed by atoms with Crippen LogP contribution in [-0.2, 0) is 0 Å². The molecule has 2 aromatic heterocycles. The van der Waals surface area contributed by atoms with Crippen LogP contribution in [0.2, 0.25) is 0 Å². The number of rotatable bonds is 4. The predicted octanol–water partition coefficient (Wildman–Crippen LogP) is 3.49. The minimum atomic E-state index is 0.154. The lowest BCUT2D eigenvalue weighted by Crippen LogP contribution is -2.46. The van der Waals surface area contributed by atoms with Crippen LogP contribution in [0.4, 0.5) is 4.79 Å². The van der Waals surface area contributed by atoms with Crippen molar-refractivity contribution in [1.29, 1.82) is 0 Å². The summed E-state index contributed by atoms with van der Waals surface area (Å²) >= 11 is 0. The Bertz CT molecular complexity index is 737. The van der Waals surface area contributed by atoms with Crippen LogP contribution in [0.25, 0.3) is 11.1 Å². The molecule has 0 saturated carbocycles. The zero-order valence-electron chi connectivity index (χ0n) is 15.9. The molecule has 26 heavy (non-hydrogen) atoms. The van der Waals surface area contributed by atoms with Gasteiger partial charge in [0.1, 0.15) is 5.82 Å². The number of hydrogen-bond acceptors (Lipinski definition) is 4. The van der Waals surface area contributed by atoms with Gasteiger partial charge in [-0.25, -0.2) is 14.8 Å². The molecule has 0 aliphatic carbocycles. The Kier molecular flexibility index (Phi) is 5.81. The van der Waals surface area contributed by atoms with Crippen LogP contribution in [-0.4, -0.2) is 57.0 Å². The number of hydrogen-bond donors (Lipinski definition) is 0. The lowest BCUT2D eigenvalue weighted by molar-refractivity contribution is 0.143. The van der Waals surface area contributed by atoms with Crippen LogP contribution in [0.5, 0.6) is 0 Å². The van der Waals surface area contributed by atoms with Crippen LogP contribution in [0.15, 0.2) is 30.7 Å². The number of likely N-dealkylation sites (tertiary alicyclic amines) is 1. The summed E-state index contributed by atoms with van der Waals surface area (Å²) in [5.41, 5.74) is 3.27. The van der Waals surface area contributed by atoms with Crippen LogP contribution in [0.3, 0.4) is 0 Å². The van der Waals surface area contributed by atoms with Crippen molar-refractivity contribution < 1.29 is 4.79 Å². The van der Waals surface area contributed by atoms with Crippen LogP contribution < -0.4 is 0 Å². The number of amides is 2. The minimum Gasteiger partial charge on any atom is -0.325 e. The maximum Gasteiger partial charge on any atom is 0.319 e. The van der Waals surface area contributed by atoms with E-state index in [1.54, 1.807) is 12.4 Å². The van der Waals surface area contributed by atoms with E-state index in [1.165, 1.54) is 0 Å². The molecule has 1 aliphatic rings. The molecule has 1 saturated heterocycles. The second kappa shape index (κ2) is 8.25. The SMILES string of the molecule is CCN(CC)C(=O)N1CCC(c2nc(C)ncc2-c2ccncc2)CC1. The zero-order chi connectivity index (χ0) is 18.5. The summed E-state index contributed by atoms with van der Waals surface area (Å²) in [5.74, 6) is 1.14. The first-order chi connectivity index (χ1) is 12.6. The van der Waals surface area contributed by atoms with E-state index in [0.29, 0.717) is 5.92 Å². The summed E-state index contributed by atoms with van der Waals surface area (Å²) in [4.78, 5) is 29.7. The van der Waals surface area contributed by atoms with E-state index in [-0.39, 0.29) is 6.03 Å². The van der Waals surface area contributed by atoms with Gasteiger partial charge >= 0.3 is 6.03 Å². The van der Waals surface area contributed by atoms with Gasteiger partial charge in [-0.05, 0) is 51.3 Å². The Labute approximate surface area is 155 Å². The first kappa shape index (κ1) is 18.3. The second-order valence-electron chi connectivity index (χ2n) is 6.67. The summed E-state index contributed by atoms with van der Waals surface area (Å²) in [7, 11) is 0. The molecule has 0 aromatic carbocycles. The fourth-order valence-electron chi connectivity index (χ4n) is 3.59. The van der Waals surface area contributed by atoms with Gasteiger partial charge in [-0.3, -0.25) is 4.98 Å². The molecule has 1 aliphatic heterocycles. The standard InChI is InChI=1S/C20H27N5O/c1-4-24(5-2)20(26)25-12-8-17(9-13-25)19-18(14-22-15(3)23-19)16-6-10-21-11-7-16/h6-7,10-11,14,17H,4-5,8-9,12-13H2,1-3H3. The van der Waals surface area contributed by atoms with Gasteiger partial charge < -0.3 is 9.80 Å². The molecule has 3 heterocycles. The average molecular weight is 353 g/mol. The number of nitrogens with zero attached hydrogens (tertiary/aromatic N) is 5. The average Bonchev–Trinajstić information content (AvgIpc) is 2.69. The Morgan fingerprint density at radius 3 is 2.46 bits per heavy atom. The van der Waals surface area contributed by atoms with E-state index in [2.05, 4.69) is 9.97 Å². The predicted molar refractivity (Wildman–Crippen MR) is 102 cm³/mol. The maximum absolute atomic E-state index is 12.6. The van der Waals surface area contributed by atoms with Crippen molar-refractivity contribution in [3.8, 4) is 11.1 Å². The van der Waals surface area contributed by atoms with E-state index in [9.17, 15) is 4.79 Å². The Hall–Kier alpha value is -2.50. The first-order valence-electron chi connectivity index (χ1n) is 9.41. The van der Waals surface area contributed by atoms with E-state index in [0.717, 1.165) is 61.7 Å². The lowest BCUT2D eigenvalue weighted by Gasteiger charge is -2.35. The van der Waals surface area contributed by atoms with Gasteiger partial charge in [0.15, 0.2) is 0 Å². The molecule has 3 rings (SSSR count). The molecule has 0 radical (unpaired) electrons. The van der Waals surface area contributed by atoms with Crippen LogP contribution in [0, 0.1) is 6.92 Å². The molecular weight excluding hydrogens is 326 g/mol. The van der Waals surface area contributed by atoms with Gasteiger partial charge in [0, 0.05) is 56.3 Å². The molecule has 6 heteroatoms. The highest BCUT2D eigenvalue weighted by molar-refractivity contribution is 5.74. The topological polar surface area (TPSA) is 62.2 Å². The number of pyridine rings is 1. The largest absolute Gasteiger partial charge is 0.325 e. The van der Waals surface area contributed by atoms with Crippen molar-refractivity contribution in [2.75, 3.05) is 26.2 Å². The van der Waals surface area contributed by atoms with Gasteiger partial charge in [0.25, 0.3) is 0 Å². The number of aromatic nitrogens is 3. The third kappa shape index (κ3) is 3.84. The Balaban J connectivity index is 1.78.